The molecule has 0 spiro atoms. The number of nitrogens with zero attached hydrogens (tertiary/aromatic N) is 3. The summed E-state index contributed by atoms with van der Waals surface area (Å²) in [7, 11) is 0. The number of carbonyl (C=O) groups excluding carboxylic acids is 2. The quantitative estimate of drug-likeness (QED) is 0.601. The Morgan fingerprint density at radius 2 is 2.04 bits per heavy atom. The molecule has 1 aliphatic rings. The van der Waals surface area contributed by atoms with Crippen LogP contribution in [-0.2, 0) is 4.79 Å². The molecular weight excluding hydrogens is 334 g/mol. The average Bonchev–Trinajstić information content (AvgIpc) is 3.07. The molecule has 2 aromatic rings. The van der Waals surface area contributed by atoms with Gasteiger partial charge in [-0.1, -0.05) is 0 Å². The highest BCUT2D eigenvalue weighted by atomic mass is 16.2. The monoisotopic (exact) mass is 355 g/mol. The zero-order valence-corrected chi connectivity index (χ0v) is 14.2. The predicted molar refractivity (Wildman–Crippen MR) is 96.0 cm³/mol. The number of hydrogen-bond donors (Lipinski definition) is 4. The summed E-state index contributed by atoms with van der Waals surface area (Å²) in [6, 6.07) is 5.16. The van der Waals surface area contributed by atoms with E-state index in [2.05, 4.69) is 30.9 Å². The number of primary amides is 1. The molecule has 0 aliphatic heterocycles. The van der Waals surface area contributed by atoms with E-state index in [4.69, 9.17) is 5.73 Å². The van der Waals surface area contributed by atoms with Crippen LogP contribution in [0.4, 0.5) is 10.7 Å². The van der Waals surface area contributed by atoms with Crippen LogP contribution in [0.5, 0.6) is 0 Å². The summed E-state index contributed by atoms with van der Waals surface area (Å²) in [5, 5.41) is 8.49. The van der Waals surface area contributed by atoms with Crippen LogP contribution in [0.2, 0.25) is 0 Å². The first-order valence-electron chi connectivity index (χ1n) is 8.43. The molecule has 1 fully saturated rings. The first-order chi connectivity index (χ1) is 12.6. The number of pyridine rings is 1. The summed E-state index contributed by atoms with van der Waals surface area (Å²) in [6.07, 6.45) is 7.70. The number of amides is 3. The second kappa shape index (κ2) is 8.24. The van der Waals surface area contributed by atoms with Crippen molar-refractivity contribution >= 4 is 17.9 Å². The summed E-state index contributed by atoms with van der Waals surface area (Å²) in [6.45, 7) is -0.111. The van der Waals surface area contributed by atoms with Gasteiger partial charge in [0.1, 0.15) is 0 Å². The molecule has 2 heterocycles. The lowest BCUT2D eigenvalue weighted by Crippen LogP contribution is -2.42. The van der Waals surface area contributed by atoms with Crippen LogP contribution in [0.3, 0.4) is 0 Å². The molecule has 5 N–H and O–H groups in total. The highest BCUT2D eigenvalue weighted by Crippen LogP contribution is 2.23. The van der Waals surface area contributed by atoms with E-state index in [0.29, 0.717) is 5.95 Å². The van der Waals surface area contributed by atoms with Crippen LogP contribution in [0, 0.1) is 0 Å². The molecule has 26 heavy (non-hydrogen) atoms. The van der Waals surface area contributed by atoms with Gasteiger partial charge in [-0.25, -0.2) is 14.8 Å². The molecule has 3 amide bonds. The van der Waals surface area contributed by atoms with Gasteiger partial charge in [0.05, 0.1) is 12.2 Å². The van der Waals surface area contributed by atoms with Crippen molar-refractivity contribution in [2.24, 2.45) is 5.73 Å². The number of nitrogens with one attached hydrogen (secondary N) is 3. The smallest absolute Gasteiger partial charge is 0.312 e. The molecule has 2 atom stereocenters. The van der Waals surface area contributed by atoms with Crippen molar-refractivity contribution in [2.75, 3.05) is 11.9 Å². The molecule has 1 saturated carbocycles. The van der Waals surface area contributed by atoms with Gasteiger partial charge in [-0.3, -0.25) is 9.78 Å². The van der Waals surface area contributed by atoms with E-state index in [0.717, 1.165) is 30.5 Å². The van der Waals surface area contributed by atoms with Gasteiger partial charge in [0, 0.05) is 36.2 Å². The maximum atomic E-state index is 11.7. The molecule has 3 rings (SSSR count). The van der Waals surface area contributed by atoms with Gasteiger partial charge < -0.3 is 21.7 Å². The zero-order valence-electron chi connectivity index (χ0n) is 14.2. The van der Waals surface area contributed by atoms with Crippen LogP contribution < -0.4 is 21.7 Å². The van der Waals surface area contributed by atoms with Gasteiger partial charge in [-0.15, -0.1) is 0 Å². The Balaban J connectivity index is 1.53. The SMILES string of the molecule is NC(=O)NCC(=O)N[C@@H]1CC[C@@H](Nc2nccc(-c3cccnc3)n2)C1. The fourth-order valence-corrected chi connectivity index (χ4v) is 2.98. The Kier molecular flexibility index (Phi) is 5.57. The summed E-state index contributed by atoms with van der Waals surface area (Å²) < 4.78 is 0. The molecule has 0 unspecified atom stereocenters. The fourth-order valence-electron chi connectivity index (χ4n) is 2.98. The third kappa shape index (κ3) is 4.88. The Labute approximate surface area is 150 Å². The normalized spacial score (nSPS) is 18.9. The molecule has 136 valence electrons. The Morgan fingerprint density at radius 3 is 2.81 bits per heavy atom. The van der Waals surface area contributed by atoms with Gasteiger partial charge in [0.25, 0.3) is 0 Å². The minimum Gasteiger partial charge on any atom is -0.352 e. The number of carbonyl (C=O) groups is 2. The molecule has 2 aromatic heterocycles. The van der Waals surface area contributed by atoms with E-state index in [1.165, 1.54) is 0 Å². The molecule has 0 bridgehead atoms. The highest BCUT2D eigenvalue weighted by Gasteiger charge is 2.26. The van der Waals surface area contributed by atoms with Crippen molar-refractivity contribution in [3.05, 3.63) is 36.8 Å². The maximum Gasteiger partial charge on any atom is 0.312 e. The van der Waals surface area contributed by atoms with Crippen LogP contribution >= 0.6 is 0 Å². The molecule has 9 nitrogen and oxygen atoms in total. The Morgan fingerprint density at radius 1 is 1.19 bits per heavy atom. The van der Waals surface area contributed by atoms with E-state index >= 15 is 0 Å². The third-order valence-corrected chi connectivity index (χ3v) is 4.17. The number of hydrogen-bond acceptors (Lipinski definition) is 6. The third-order valence-electron chi connectivity index (χ3n) is 4.17. The first-order valence-corrected chi connectivity index (χ1v) is 8.43. The fraction of sp³-hybridized carbons (Fsp3) is 0.353. The topological polar surface area (TPSA) is 135 Å². The van der Waals surface area contributed by atoms with Crippen LogP contribution in [0.25, 0.3) is 11.3 Å². The van der Waals surface area contributed by atoms with Gasteiger partial charge in [0.2, 0.25) is 11.9 Å². The van der Waals surface area contributed by atoms with E-state index in [1.54, 1.807) is 18.6 Å². The Bertz CT molecular complexity index is 769. The number of urea groups is 1. The van der Waals surface area contributed by atoms with Gasteiger partial charge in [-0.05, 0) is 37.5 Å². The van der Waals surface area contributed by atoms with Crippen molar-refractivity contribution in [3.63, 3.8) is 0 Å². The van der Waals surface area contributed by atoms with Crippen LogP contribution in [0.1, 0.15) is 19.3 Å². The first kappa shape index (κ1) is 17.6. The van der Waals surface area contributed by atoms with Crippen molar-refractivity contribution in [1.82, 2.24) is 25.6 Å². The largest absolute Gasteiger partial charge is 0.352 e. The molecule has 0 saturated heterocycles. The molecular formula is C17H21N7O2. The second-order valence-electron chi connectivity index (χ2n) is 6.14. The number of rotatable bonds is 6. The van der Waals surface area contributed by atoms with E-state index in [1.807, 2.05) is 18.2 Å². The second-order valence-corrected chi connectivity index (χ2v) is 6.14. The average molecular weight is 355 g/mol. The summed E-state index contributed by atoms with van der Waals surface area (Å²) in [5.41, 5.74) is 6.68. The van der Waals surface area contributed by atoms with E-state index < -0.39 is 6.03 Å². The van der Waals surface area contributed by atoms with Crippen molar-refractivity contribution < 1.29 is 9.59 Å². The summed E-state index contributed by atoms with van der Waals surface area (Å²) in [4.78, 5) is 35.3. The van der Waals surface area contributed by atoms with Crippen LogP contribution in [-0.4, -0.2) is 45.5 Å². The van der Waals surface area contributed by atoms with Crippen LogP contribution in [0.15, 0.2) is 36.8 Å². The van der Waals surface area contributed by atoms with Gasteiger partial charge in [0.15, 0.2) is 0 Å². The Hall–Kier alpha value is -3.23. The zero-order chi connectivity index (χ0) is 18.4. The van der Waals surface area contributed by atoms with Gasteiger partial charge in [-0.2, -0.15) is 0 Å². The summed E-state index contributed by atoms with van der Waals surface area (Å²) >= 11 is 0. The van der Waals surface area contributed by atoms with E-state index in [-0.39, 0.29) is 24.5 Å². The lowest BCUT2D eigenvalue weighted by Gasteiger charge is -2.15. The maximum absolute atomic E-state index is 11.7. The lowest BCUT2D eigenvalue weighted by molar-refractivity contribution is -0.120. The number of nitrogens with two attached hydrogens (primary N) is 1. The molecule has 0 radical (unpaired) electrons. The molecule has 0 aromatic carbocycles. The van der Waals surface area contributed by atoms with Crippen molar-refractivity contribution in [3.8, 4) is 11.3 Å². The molecule has 1 aliphatic carbocycles. The number of anilines is 1. The standard InChI is InChI=1S/C17H21N7O2/c18-16(26)21-10-15(25)22-12-3-4-13(8-12)23-17-20-7-5-14(24-17)11-2-1-6-19-9-11/h1-2,5-7,9,12-13H,3-4,8,10H2,(H,22,25)(H3,18,21,26)(H,20,23,24)/t12-,13-/m1/s1. The minimum absolute atomic E-state index is 0.0520. The van der Waals surface area contributed by atoms with Gasteiger partial charge >= 0.3 is 6.03 Å². The van der Waals surface area contributed by atoms with E-state index in [9.17, 15) is 9.59 Å². The minimum atomic E-state index is -0.711. The number of aromatic nitrogens is 3. The highest BCUT2D eigenvalue weighted by molar-refractivity contribution is 5.83. The lowest BCUT2D eigenvalue weighted by atomic mass is 10.2. The van der Waals surface area contributed by atoms with Crippen molar-refractivity contribution in [2.45, 2.75) is 31.3 Å². The summed E-state index contributed by atoms with van der Waals surface area (Å²) in [5.74, 6) is 0.308. The van der Waals surface area contributed by atoms with Crippen molar-refractivity contribution in [1.29, 1.82) is 0 Å². The predicted octanol–water partition coefficient (Wildman–Crippen LogP) is 0.656. The molecule has 9 heteroatoms.